The maximum Gasteiger partial charge on any atom is 0.141 e. The van der Waals surface area contributed by atoms with E-state index >= 15 is 0 Å². The fourth-order valence-electron chi connectivity index (χ4n) is 3.66. The van der Waals surface area contributed by atoms with E-state index in [4.69, 9.17) is 0 Å². The van der Waals surface area contributed by atoms with Crippen molar-refractivity contribution < 1.29 is 4.39 Å². The van der Waals surface area contributed by atoms with Gasteiger partial charge in [0, 0.05) is 58.9 Å². The molecule has 7 heteroatoms. The number of nitrogens with one attached hydrogen (secondary N) is 2. The number of piperidine rings is 1. The third kappa shape index (κ3) is 4.90. The summed E-state index contributed by atoms with van der Waals surface area (Å²) in [6.07, 6.45) is 11.4. The molecule has 27 heavy (non-hydrogen) atoms. The molecule has 0 spiro atoms. The molecule has 4 heterocycles. The highest BCUT2D eigenvalue weighted by atomic mass is 79.9. The highest BCUT2D eigenvalue weighted by Crippen LogP contribution is 2.24. The molecule has 1 aromatic rings. The van der Waals surface area contributed by atoms with Gasteiger partial charge in [-0.1, -0.05) is 0 Å². The molecule has 2 N–H and O–H groups in total. The predicted molar refractivity (Wildman–Crippen MR) is 113 cm³/mol. The minimum atomic E-state index is -0.230. The van der Waals surface area contributed by atoms with Crippen LogP contribution in [-0.4, -0.2) is 42.0 Å². The van der Waals surface area contributed by atoms with E-state index in [2.05, 4.69) is 47.8 Å². The molecule has 1 fully saturated rings. The van der Waals surface area contributed by atoms with Crippen LogP contribution in [0.2, 0.25) is 0 Å². The SMILES string of the molecule is FC1=CNC2=CC=CN(CCN3CCC(NCc4cc(Br)cs4)CC3)C2=C1. The van der Waals surface area contributed by atoms with Gasteiger partial charge in [0.15, 0.2) is 0 Å². The molecule has 1 aromatic heterocycles. The van der Waals surface area contributed by atoms with Crippen LogP contribution in [-0.2, 0) is 6.54 Å². The second-order valence-corrected chi connectivity index (χ2v) is 8.96. The molecule has 1 saturated heterocycles. The van der Waals surface area contributed by atoms with Gasteiger partial charge < -0.3 is 20.4 Å². The topological polar surface area (TPSA) is 30.5 Å². The lowest BCUT2D eigenvalue weighted by Crippen LogP contribution is -2.44. The Kier molecular flexibility index (Phi) is 6.12. The van der Waals surface area contributed by atoms with E-state index in [-0.39, 0.29) is 5.83 Å². The van der Waals surface area contributed by atoms with Crippen LogP contribution in [0.5, 0.6) is 0 Å². The van der Waals surface area contributed by atoms with E-state index in [1.165, 1.54) is 28.4 Å². The number of hydrogen-bond acceptors (Lipinski definition) is 5. The number of allylic oxidation sites excluding steroid dienone is 4. The average Bonchev–Trinajstić information content (AvgIpc) is 3.11. The monoisotopic (exact) mass is 450 g/mol. The molecule has 0 aliphatic carbocycles. The van der Waals surface area contributed by atoms with Crippen molar-refractivity contribution in [2.24, 2.45) is 0 Å². The van der Waals surface area contributed by atoms with Gasteiger partial charge in [-0.25, -0.2) is 4.39 Å². The zero-order valence-corrected chi connectivity index (χ0v) is 17.5. The number of likely N-dealkylation sites (tertiary alicyclic amines) is 1. The van der Waals surface area contributed by atoms with Gasteiger partial charge in [-0.05, 0) is 60.1 Å². The van der Waals surface area contributed by atoms with Crippen molar-refractivity contribution in [1.82, 2.24) is 20.4 Å². The van der Waals surface area contributed by atoms with Gasteiger partial charge >= 0.3 is 0 Å². The molecule has 0 radical (unpaired) electrons. The summed E-state index contributed by atoms with van der Waals surface area (Å²) in [5.41, 5.74) is 1.87. The summed E-state index contributed by atoms with van der Waals surface area (Å²) >= 11 is 5.31. The van der Waals surface area contributed by atoms with Crippen molar-refractivity contribution in [2.45, 2.75) is 25.4 Å². The van der Waals surface area contributed by atoms with Gasteiger partial charge in [0.2, 0.25) is 0 Å². The molecule has 0 aromatic carbocycles. The van der Waals surface area contributed by atoms with Crippen molar-refractivity contribution in [3.8, 4) is 0 Å². The minimum Gasteiger partial charge on any atom is -0.357 e. The lowest BCUT2D eigenvalue weighted by molar-refractivity contribution is 0.186. The van der Waals surface area contributed by atoms with Crippen molar-refractivity contribution >= 4 is 27.3 Å². The summed E-state index contributed by atoms with van der Waals surface area (Å²) in [5.74, 6) is -0.230. The molecule has 0 unspecified atom stereocenters. The summed E-state index contributed by atoms with van der Waals surface area (Å²) in [7, 11) is 0. The van der Waals surface area contributed by atoms with Gasteiger partial charge in [0.1, 0.15) is 5.83 Å². The molecule has 3 aliphatic heterocycles. The number of fused-ring (bicyclic) bond motifs is 1. The Morgan fingerprint density at radius 3 is 2.93 bits per heavy atom. The van der Waals surface area contributed by atoms with Crippen LogP contribution in [0.25, 0.3) is 0 Å². The van der Waals surface area contributed by atoms with Gasteiger partial charge in [-0.3, -0.25) is 0 Å². The highest BCUT2D eigenvalue weighted by Gasteiger charge is 2.22. The molecule has 0 amide bonds. The first-order valence-electron chi connectivity index (χ1n) is 9.35. The molecule has 0 bridgehead atoms. The van der Waals surface area contributed by atoms with Gasteiger partial charge in [-0.15, -0.1) is 11.3 Å². The minimum absolute atomic E-state index is 0.230. The predicted octanol–water partition coefficient (Wildman–Crippen LogP) is 4.08. The molecular weight excluding hydrogens is 427 g/mol. The molecule has 0 saturated carbocycles. The first-order valence-corrected chi connectivity index (χ1v) is 11.0. The second-order valence-electron chi connectivity index (χ2n) is 7.05. The standard InChI is InChI=1S/C20H24BrFN4S/c21-15-10-18(27-14-15)13-23-17-3-6-25(7-4-17)8-9-26-5-1-2-19-20(26)11-16(22)12-24-19/h1-2,5,10-12,14,17,23-24H,3-4,6-9,13H2. The normalized spacial score (nSPS) is 20.7. The molecular formula is C20H24BrFN4S. The number of nitrogens with zero attached hydrogens (tertiary/aromatic N) is 2. The smallest absolute Gasteiger partial charge is 0.141 e. The summed E-state index contributed by atoms with van der Waals surface area (Å²) in [4.78, 5) is 6.02. The number of thiophene rings is 1. The molecule has 4 rings (SSSR count). The summed E-state index contributed by atoms with van der Waals surface area (Å²) in [6.45, 7) is 5.03. The molecule has 144 valence electrons. The Morgan fingerprint density at radius 2 is 2.15 bits per heavy atom. The fourth-order valence-corrected chi connectivity index (χ4v) is 5.06. The number of dihydropyridines is 1. The molecule has 0 atom stereocenters. The first kappa shape index (κ1) is 18.9. The maximum atomic E-state index is 13.6. The third-order valence-electron chi connectivity index (χ3n) is 5.19. The van der Waals surface area contributed by atoms with E-state index in [0.29, 0.717) is 6.04 Å². The van der Waals surface area contributed by atoms with E-state index in [0.717, 1.165) is 44.1 Å². The number of rotatable bonds is 6. The largest absolute Gasteiger partial charge is 0.357 e. The van der Waals surface area contributed by atoms with E-state index in [9.17, 15) is 4.39 Å². The van der Waals surface area contributed by atoms with Gasteiger partial charge in [0.05, 0.1) is 11.4 Å². The third-order valence-corrected chi connectivity index (χ3v) is 6.88. The lowest BCUT2D eigenvalue weighted by atomic mass is 10.0. The van der Waals surface area contributed by atoms with Gasteiger partial charge in [0.25, 0.3) is 0 Å². The molecule has 3 aliphatic rings. The first-order chi connectivity index (χ1) is 13.2. The van der Waals surface area contributed by atoms with Crippen LogP contribution in [0.15, 0.2) is 63.8 Å². The fraction of sp³-hybridized carbons (Fsp3) is 0.400. The Hall–Kier alpha value is -1.41. The average molecular weight is 451 g/mol. The summed E-state index contributed by atoms with van der Waals surface area (Å²) in [6, 6.07) is 2.78. The van der Waals surface area contributed by atoms with Crippen LogP contribution >= 0.6 is 27.3 Å². The van der Waals surface area contributed by atoms with Crippen molar-refractivity contribution in [2.75, 3.05) is 26.2 Å². The van der Waals surface area contributed by atoms with Crippen LogP contribution in [0.3, 0.4) is 0 Å². The van der Waals surface area contributed by atoms with Crippen LogP contribution < -0.4 is 10.6 Å². The Bertz CT molecular complexity index is 790. The zero-order valence-electron chi connectivity index (χ0n) is 15.1. The summed E-state index contributed by atoms with van der Waals surface area (Å²) < 4.78 is 14.8. The Labute approximate surface area is 172 Å². The van der Waals surface area contributed by atoms with E-state index < -0.39 is 0 Å². The highest BCUT2D eigenvalue weighted by molar-refractivity contribution is 9.10. The quantitative estimate of drug-likeness (QED) is 0.683. The second kappa shape index (κ2) is 8.73. The van der Waals surface area contributed by atoms with Crippen LogP contribution in [0, 0.1) is 0 Å². The van der Waals surface area contributed by atoms with Gasteiger partial charge in [-0.2, -0.15) is 0 Å². The Morgan fingerprint density at radius 1 is 1.30 bits per heavy atom. The van der Waals surface area contributed by atoms with Crippen LogP contribution in [0.4, 0.5) is 4.39 Å². The van der Waals surface area contributed by atoms with Crippen molar-refractivity contribution in [3.05, 3.63) is 68.6 Å². The molecule has 4 nitrogen and oxygen atoms in total. The lowest BCUT2D eigenvalue weighted by Gasteiger charge is -2.35. The van der Waals surface area contributed by atoms with E-state index in [1.807, 2.05) is 18.4 Å². The zero-order chi connectivity index (χ0) is 18.6. The maximum absolute atomic E-state index is 13.6. The number of halogens is 2. The van der Waals surface area contributed by atoms with E-state index in [1.54, 1.807) is 17.4 Å². The summed E-state index contributed by atoms with van der Waals surface area (Å²) in [5, 5.41) is 8.83. The number of hydrogen-bond donors (Lipinski definition) is 2. The van der Waals surface area contributed by atoms with Crippen molar-refractivity contribution in [3.63, 3.8) is 0 Å². The Balaban J connectivity index is 1.21. The van der Waals surface area contributed by atoms with Crippen LogP contribution in [0.1, 0.15) is 17.7 Å². The van der Waals surface area contributed by atoms with Crippen molar-refractivity contribution in [1.29, 1.82) is 0 Å².